The summed E-state index contributed by atoms with van der Waals surface area (Å²) in [6.45, 7) is 7.48. The Bertz CT molecular complexity index is 663. The lowest BCUT2D eigenvalue weighted by Crippen LogP contribution is -2.49. The molecule has 0 radical (unpaired) electrons. The molecular formula is C13H19N7O2. The van der Waals surface area contributed by atoms with E-state index in [1.165, 1.54) is 6.33 Å². The van der Waals surface area contributed by atoms with Crippen molar-refractivity contribution in [2.45, 2.75) is 20.4 Å². The number of rotatable bonds is 3. The van der Waals surface area contributed by atoms with Gasteiger partial charge in [0, 0.05) is 32.7 Å². The van der Waals surface area contributed by atoms with Crippen LogP contribution in [0.25, 0.3) is 11.2 Å². The smallest absolute Gasteiger partial charge is 0.409 e. The highest BCUT2D eigenvalue weighted by Crippen LogP contribution is 2.21. The summed E-state index contributed by atoms with van der Waals surface area (Å²) in [6, 6.07) is 0. The van der Waals surface area contributed by atoms with Gasteiger partial charge >= 0.3 is 6.09 Å². The zero-order valence-corrected chi connectivity index (χ0v) is 12.8. The van der Waals surface area contributed by atoms with Gasteiger partial charge in [0.2, 0.25) is 0 Å². The van der Waals surface area contributed by atoms with Gasteiger partial charge in [-0.2, -0.15) is 0 Å². The Balaban J connectivity index is 1.77. The number of ether oxygens (including phenoxy) is 1. The third kappa shape index (κ3) is 2.53. The van der Waals surface area contributed by atoms with Gasteiger partial charge in [-0.25, -0.2) is 19.4 Å². The predicted octanol–water partition coefficient (Wildman–Crippen LogP) is 0.520. The molecule has 0 aliphatic carbocycles. The van der Waals surface area contributed by atoms with Crippen molar-refractivity contribution in [3.8, 4) is 0 Å². The van der Waals surface area contributed by atoms with Gasteiger partial charge in [-0.1, -0.05) is 5.21 Å². The van der Waals surface area contributed by atoms with Crippen LogP contribution in [0.2, 0.25) is 0 Å². The normalized spacial score (nSPS) is 15.4. The van der Waals surface area contributed by atoms with E-state index in [2.05, 4.69) is 25.2 Å². The minimum Gasteiger partial charge on any atom is -0.450 e. The molecule has 1 saturated heterocycles. The summed E-state index contributed by atoms with van der Waals surface area (Å²) in [5.41, 5.74) is 1.44. The number of hydrogen-bond acceptors (Lipinski definition) is 7. The molecule has 9 heteroatoms. The number of aromatic nitrogens is 5. The molecule has 1 aliphatic heterocycles. The molecule has 1 amide bonds. The molecule has 0 atom stereocenters. The minimum absolute atomic E-state index is 0.257. The first-order valence-corrected chi connectivity index (χ1v) is 7.45. The maximum Gasteiger partial charge on any atom is 0.409 e. The van der Waals surface area contributed by atoms with Gasteiger partial charge < -0.3 is 14.5 Å². The summed E-state index contributed by atoms with van der Waals surface area (Å²) in [6.07, 6.45) is 1.28. The monoisotopic (exact) mass is 305 g/mol. The number of aryl methyl sites for hydroxylation is 1. The topological polar surface area (TPSA) is 89.3 Å². The van der Waals surface area contributed by atoms with Crippen LogP contribution in [0.5, 0.6) is 0 Å². The molecule has 0 unspecified atom stereocenters. The van der Waals surface area contributed by atoms with Gasteiger partial charge in [0.25, 0.3) is 0 Å². The van der Waals surface area contributed by atoms with Crippen LogP contribution < -0.4 is 4.90 Å². The maximum absolute atomic E-state index is 11.7. The Labute approximate surface area is 127 Å². The molecule has 2 aromatic rings. The maximum atomic E-state index is 11.7. The van der Waals surface area contributed by atoms with Crippen molar-refractivity contribution < 1.29 is 9.53 Å². The average molecular weight is 305 g/mol. The Kier molecular flexibility index (Phi) is 4.03. The van der Waals surface area contributed by atoms with E-state index in [0.717, 1.165) is 11.5 Å². The molecule has 0 bridgehead atoms. The Morgan fingerprint density at radius 1 is 1.23 bits per heavy atom. The van der Waals surface area contributed by atoms with E-state index in [0.29, 0.717) is 44.8 Å². The molecule has 1 fully saturated rings. The first-order chi connectivity index (χ1) is 10.7. The third-order valence-corrected chi connectivity index (χ3v) is 3.69. The third-order valence-electron chi connectivity index (χ3n) is 3.69. The van der Waals surface area contributed by atoms with E-state index in [9.17, 15) is 4.79 Å². The number of nitrogens with zero attached hydrogens (tertiary/aromatic N) is 7. The van der Waals surface area contributed by atoms with Crippen molar-refractivity contribution in [3.63, 3.8) is 0 Å². The fourth-order valence-electron chi connectivity index (χ4n) is 2.54. The van der Waals surface area contributed by atoms with Crippen molar-refractivity contribution in [1.29, 1.82) is 0 Å². The van der Waals surface area contributed by atoms with E-state index < -0.39 is 0 Å². The molecule has 0 aromatic carbocycles. The molecule has 9 nitrogen and oxygen atoms in total. The quantitative estimate of drug-likeness (QED) is 0.816. The van der Waals surface area contributed by atoms with Crippen LogP contribution in [0, 0.1) is 0 Å². The Morgan fingerprint density at radius 3 is 2.68 bits per heavy atom. The highest BCUT2D eigenvalue weighted by molar-refractivity contribution is 5.82. The van der Waals surface area contributed by atoms with Crippen LogP contribution in [0.15, 0.2) is 6.33 Å². The van der Waals surface area contributed by atoms with Gasteiger partial charge in [-0.3, -0.25) is 0 Å². The first kappa shape index (κ1) is 14.5. The number of carbonyl (C=O) groups excluding carboxylic acids is 1. The summed E-state index contributed by atoms with van der Waals surface area (Å²) in [5, 5.41) is 8.28. The summed E-state index contributed by atoms with van der Waals surface area (Å²) in [5.74, 6) is 0.771. The lowest BCUT2D eigenvalue weighted by atomic mass is 10.3. The standard InChI is InChI=1S/C13H19N7O2/c1-3-20-12-10(16-17-20)11(14-9-15-12)18-5-7-19(8-6-18)13(21)22-4-2/h9H,3-8H2,1-2H3. The number of hydrogen-bond donors (Lipinski definition) is 0. The minimum atomic E-state index is -0.257. The van der Waals surface area contributed by atoms with Gasteiger partial charge in [0.05, 0.1) is 6.61 Å². The summed E-state index contributed by atoms with van der Waals surface area (Å²) in [7, 11) is 0. The van der Waals surface area contributed by atoms with Crippen molar-refractivity contribution in [3.05, 3.63) is 6.33 Å². The van der Waals surface area contributed by atoms with Gasteiger partial charge in [0.1, 0.15) is 6.33 Å². The van der Waals surface area contributed by atoms with E-state index in [1.54, 1.807) is 9.58 Å². The fraction of sp³-hybridized carbons (Fsp3) is 0.615. The van der Waals surface area contributed by atoms with Crippen molar-refractivity contribution in [2.75, 3.05) is 37.7 Å². The zero-order chi connectivity index (χ0) is 15.5. The Hall–Kier alpha value is -2.45. The number of fused-ring (bicyclic) bond motifs is 1. The molecule has 2 aromatic heterocycles. The van der Waals surface area contributed by atoms with Crippen LogP contribution in [0.4, 0.5) is 10.6 Å². The zero-order valence-electron chi connectivity index (χ0n) is 12.8. The number of carbonyl (C=O) groups is 1. The number of piperazine rings is 1. The molecule has 0 N–H and O–H groups in total. The van der Waals surface area contributed by atoms with Gasteiger partial charge in [-0.15, -0.1) is 5.10 Å². The second-order valence-electron chi connectivity index (χ2n) is 4.95. The average Bonchev–Trinajstić information content (AvgIpc) is 2.98. The molecule has 3 rings (SSSR count). The fourth-order valence-corrected chi connectivity index (χ4v) is 2.54. The van der Waals surface area contributed by atoms with Crippen molar-refractivity contribution in [2.24, 2.45) is 0 Å². The molecule has 0 saturated carbocycles. The van der Waals surface area contributed by atoms with E-state index >= 15 is 0 Å². The lowest BCUT2D eigenvalue weighted by molar-refractivity contribution is 0.105. The van der Waals surface area contributed by atoms with Crippen LogP contribution >= 0.6 is 0 Å². The van der Waals surface area contributed by atoms with E-state index in [4.69, 9.17) is 4.74 Å². The van der Waals surface area contributed by atoms with E-state index in [-0.39, 0.29) is 6.09 Å². The molecule has 118 valence electrons. The SMILES string of the molecule is CCOC(=O)N1CCN(c2ncnc3c2nnn3CC)CC1. The highest BCUT2D eigenvalue weighted by Gasteiger charge is 2.25. The lowest BCUT2D eigenvalue weighted by Gasteiger charge is -2.34. The molecule has 1 aliphatic rings. The largest absolute Gasteiger partial charge is 0.450 e. The Morgan fingerprint density at radius 2 is 2.00 bits per heavy atom. The molecule has 3 heterocycles. The molecule has 22 heavy (non-hydrogen) atoms. The second kappa shape index (κ2) is 6.12. The highest BCUT2D eigenvalue weighted by atomic mass is 16.6. The van der Waals surface area contributed by atoms with Gasteiger partial charge in [0.15, 0.2) is 17.0 Å². The van der Waals surface area contributed by atoms with E-state index in [1.807, 2.05) is 13.8 Å². The van der Waals surface area contributed by atoms with Crippen LogP contribution in [-0.2, 0) is 11.3 Å². The van der Waals surface area contributed by atoms with Crippen LogP contribution in [0.3, 0.4) is 0 Å². The van der Waals surface area contributed by atoms with Crippen LogP contribution in [-0.4, -0.2) is 68.7 Å². The summed E-state index contributed by atoms with van der Waals surface area (Å²) in [4.78, 5) is 24.1. The van der Waals surface area contributed by atoms with Gasteiger partial charge in [-0.05, 0) is 13.8 Å². The second-order valence-corrected chi connectivity index (χ2v) is 4.95. The van der Waals surface area contributed by atoms with Crippen molar-refractivity contribution in [1.82, 2.24) is 29.9 Å². The van der Waals surface area contributed by atoms with Crippen LogP contribution in [0.1, 0.15) is 13.8 Å². The predicted molar refractivity (Wildman–Crippen MR) is 79.6 cm³/mol. The number of amides is 1. The molecule has 0 spiro atoms. The summed E-state index contributed by atoms with van der Waals surface area (Å²) >= 11 is 0. The first-order valence-electron chi connectivity index (χ1n) is 7.45. The number of anilines is 1. The van der Waals surface area contributed by atoms with Crippen molar-refractivity contribution >= 4 is 23.1 Å². The summed E-state index contributed by atoms with van der Waals surface area (Å²) < 4.78 is 6.77. The molecular weight excluding hydrogens is 286 g/mol.